The number of hydrogen-bond donors (Lipinski definition) is 2. The van der Waals surface area contributed by atoms with Crippen molar-refractivity contribution >= 4 is 35.1 Å². The molecule has 3 aliphatic heterocycles. The SMILES string of the molecule is C#Cc1c(F)ccc2cc(O)cc(C3=C(F)C(=NCC45CCCC4N(CC4CC(C)(C)C4)CCC5)/C(=C(\N=C)N4CCOCC(C)(O)C4)C=N3)c12. The van der Waals surface area contributed by atoms with Gasteiger partial charge in [-0.1, -0.05) is 32.3 Å². The molecule has 7 rings (SSSR count). The third-order valence-corrected chi connectivity index (χ3v) is 11.7. The van der Waals surface area contributed by atoms with E-state index < -0.39 is 17.2 Å². The Kier molecular flexibility index (Phi) is 9.45. The molecule has 2 saturated carbocycles. The van der Waals surface area contributed by atoms with Crippen molar-refractivity contribution in [2.45, 2.75) is 77.4 Å². The van der Waals surface area contributed by atoms with E-state index in [4.69, 9.17) is 16.2 Å². The highest BCUT2D eigenvalue weighted by Gasteiger charge is 2.49. The second-order valence-corrected chi connectivity index (χ2v) is 16.4. The number of benzene rings is 2. The number of nitrogens with zero attached hydrogens (tertiary/aromatic N) is 5. The van der Waals surface area contributed by atoms with Crippen molar-refractivity contribution in [3.05, 3.63) is 58.4 Å². The molecule has 8 nitrogen and oxygen atoms in total. The molecule has 2 aromatic carbocycles. The first-order valence-corrected chi connectivity index (χ1v) is 18.2. The van der Waals surface area contributed by atoms with Crippen LogP contribution in [0.4, 0.5) is 8.78 Å². The number of phenolic OH excluding ortho intramolecular Hbond substituents is 1. The zero-order chi connectivity index (χ0) is 36.1. The Labute approximate surface area is 299 Å². The molecule has 5 aliphatic rings. The number of likely N-dealkylation sites (tertiary alicyclic amines) is 1. The Bertz CT molecular complexity index is 1900. The summed E-state index contributed by atoms with van der Waals surface area (Å²) in [6.07, 6.45) is 15.1. The number of ether oxygens (including phenoxy) is 1. The summed E-state index contributed by atoms with van der Waals surface area (Å²) >= 11 is 0. The quantitative estimate of drug-likeness (QED) is 0.243. The van der Waals surface area contributed by atoms with Gasteiger partial charge in [-0.05, 0) is 93.6 Å². The highest BCUT2D eigenvalue weighted by atomic mass is 19.1. The first-order chi connectivity index (χ1) is 24.3. The fourth-order valence-electron chi connectivity index (χ4n) is 9.73. The van der Waals surface area contributed by atoms with Crippen molar-refractivity contribution in [1.29, 1.82) is 0 Å². The minimum atomic E-state index is -1.18. The van der Waals surface area contributed by atoms with Crippen LogP contribution in [-0.2, 0) is 4.74 Å². The summed E-state index contributed by atoms with van der Waals surface area (Å²) in [5, 5.41) is 22.5. The summed E-state index contributed by atoms with van der Waals surface area (Å²) in [7, 11) is 0. The highest BCUT2D eigenvalue weighted by Crippen LogP contribution is 2.51. The lowest BCUT2D eigenvalue weighted by Gasteiger charge is -2.50. The maximum absolute atomic E-state index is 17.4. The van der Waals surface area contributed by atoms with Crippen molar-refractivity contribution in [2.75, 3.05) is 45.9 Å². The number of hydrogen-bond acceptors (Lipinski definition) is 8. The van der Waals surface area contributed by atoms with E-state index in [1.54, 1.807) is 6.92 Å². The van der Waals surface area contributed by atoms with Gasteiger partial charge in [0.05, 0.1) is 30.9 Å². The summed E-state index contributed by atoms with van der Waals surface area (Å²) < 4.78 is 38.1. The van der Waals surface area contributed by atoms with Crippen molar-refractivity contribution in [3.63, 3.8) is 0 Å². The molecule has 270 valence electrons. The minimum Gasteiger partial charge on any atom is -0.508 e. The number of phenols is 1. The van der Waals surface area contributed by atoms with Crippen LogP contribution in [0.1, 0.15) is 76.8 Å². The van der Waals surface area contributed by atoms with Crippen molar-refractivity contribution < 1.29 is 23.7 Å². The summed E-state index contributed by atoms with van der Waals surface area (Å²) in [5.74, 6) is 1.99. The van der Waals surface area contributed by atoms with Crippen LogP contribution in [0.25, 0.3) is 16.5 Å². The second kappa shape index (κ2) is 13.6. The molecule has 4 fully saturated rings. The number of terminal acetylenes is 1. The molecule has 3 heterocycles. The van der Waals surface area contributed by atoms with E-state index in [2.05, 4.69) is 41.4 Å². The number of rotatable bonds is 7. The first kappa shape index (κ1) is 35.5. The summed E-state index contributed by atoms with van der Waals surface area (Å²) in [6, 6.07) is 5.95. The van der Waals surface area contributed by atoms with Crippen molar-refractivity contribution in [2.24, 2.45) is 31.7 Å². The Morgan fingerprint density at radius 2 is 1.94 bits per heavy atom. The number of piperidine rings is 1. The van der Waals surface area contributed by atoms with Gasteiger partial charge in [-0.25, -0.2) is 13.8 Å². The normalized spacial score (nSPS) is 30.3. The van der Waals surface area contributed by atoms with Crippen LogP contribution >= 0.6 is 0 Å². The van der Waals surface area contributed by atoms with Gasteiger partial charge in [0.1, 0.15) is 34.4 Å². The molecule has 0 bridgehead atoms. The second-order valence-electron chi connectivity index (χ2n) is 16.4. The molecule has 10 heteroatoms. The fourth-order valence-corrected chi connectivity index (χ4v) is 9.73. The standard InChI is InChI=1S/C41H49F2N5O3/c1-6-29-32(42)11-10-27-17-28(49)18-30(34(27)29)36-35(43)37(31(21-45-36)38(44-5)48-15-16-51-25-40(4,50)24-48)46-23-41-12-7-9-33(41)47(14-8-13-41)22-26-19-39(2,3)20-26/h1,10-11,17-18,21,26,33,49-50H,5,7-9,12-16,19-20,22-25H2,2-4H3/b38-31+,46-37?. The zero-order valence-corrected chi connectivity index (χ0v) is 30.0. The maximum atomic E-state index is 17.4. The number of allylic oxidation sites excluding steroid dienone is 2. The van der Waals surface area contributed by atoms with Crippen LogP contribution in [0.3, 0.4) is 0 Å². The van der Waals surface area contributed by atoms with Crippen molar-refractivity contribution in [1.82, 2.24) is 9.80 Å². The average molecular weight is 698 g/mol. The fraction of sp³-hybridized carbons (Fsp3) is 0.537. The summed E-state index contributed by atoms with van der Waals surface area (Å²) in [4.78, 5) is 18.6. The molecular formula is C41H49F2N5O3. The molecule has 2 saturated heterocycles. The molecule has 2 N–H and O–H groups in total. The lowest BCUT2D eigenvalue weighted by molar-refractivity contribution is -0.0198. The molecule has 0 spiro atoms. The third kappa shape index (κ3) is 6.76. The predicted molar refractivity (Wildman–Crippen MR) is 199 cm³/mol. The average Bonchev–Trinajstić information content (AvgIpc) is 3.42. The first-order valence-electron chi connectivity index (χ1n) is 18.2. The predicted octanol–water partition coefficient (Wildman–Crippen LogP) is 6.90. The molecule has 2 aromatic rings. The molecule has 0 aromatic heterocycles. The molecule has 0 amide bonds. The summed E-state index contributed by atoms with van der Waals surface area (Å²) in [5.41, 5.74) is -0.415. The molecule has 3 unspecified atom stereocenters. The lowest BCUT2D eigenvalue weighted by Crippen LogP contribution is -2.53. The number of β-amino-alcohol motifs (C(OH)–C–C–N with tert-alkyl or cyclic N) is 1. The van der Waals surface area contributed by atoms with Crippen LogP contribution < -0.4 is 0 Å². The van der Waals surface area contributed by atoms with E-state index in [9.17, 15) is 10.2 Å². The number of aliphatic hydroxyl groups is 1. The third-order valence-electron chi connectivity index (χ3n) is 11.7. The van der Waals surface area contributed by atoms with Crippen LogP contribution in [-0.4, -0.2) is 96.2 Å². The topological polar surface area (TPSA) is 93.3 Å². The van der Waals surface area contributed by atoms with Gasteiger partial charge in [-0.15, -0.1) is 6.42 Å². The van der Waals surface area contributed by atoms with Gasteiger partial charge in [0.15, 0.2) is 5.83 Å². The number of aliphatic imine (C=N–C) groups is 3. The van der Waals surface area contributed by atoms with E-state index in [0.717, 1.165) is 45.2 Å². The smallest absolute Gasteiger partial charge is 0.175 e. The Morgan fingerprint density at radius 3 is 2.69 bits per heavy atom. The van der Waals surface area contributed by atoms with Gasteiger partial charge in [-0.3, -0.25) is 14.9 Å². The van der Waals surface area contributed by atoms with E-state index >= 15 is 8.78 Å². The molecule has 51 heavy (non-hydrogen) atoms. The lowest BCUT2D eigenvalue weighted by atomic mass is 9.64. The van der Waals surface area contributed by atoms with Gasteiger partial charge in [0.2, 0.25) is 0 Å². The number of fused-ring (bicyclic) bond motifs is 2. The monoisotopic (exact) mass is 697 g/mol. The molecule has 0 radical (unpaired) electrons. The zero-order valence-electron chi connectivity index (χ0n) is 30.0. The Morgan fingerprint density at radius 1 is 1.16 bits per heavy atom. The van der Waals surface area contributed by atoms with Crippen LogP contribution in [0.15, 0.2) is 56.5 Å². The van der Waals surface area contributed by atoms with Crippen molar-refractivity contribution in [3.8, 4) is 18.1 Å². The largest absolute Gasteiger partial charge is 0.508 e. The van der Waals surface area contributed by atoms with E-state index in [1.165, 1.54) is 43.3 Å². The maximum Gasteiger partial charge on any atom is 0.175 e. The van der Waals surface area contributed by atoms with E-state index in [0.29, 0.717) is 53.9 Å². The summed E-state index contributed by atoms with van der Waals surface area (Å²) in [6.45, 7) is 13.9. The van der Waals surface area contributed by atoms with Gasteiger partial charge in [0.25, 0.3) is 0 Å². The molecule has 2 aliphatic carbocycles. The van der Waals surface area contributed by atoms with Crippen LogP contribution in [0.5, 0.6) is 5.75 Å². The van der Waals surface area contributed by atoms with Gasteiger partial charge < -0.3 is 19.8 Å². The number of halogens is 2. The van der Waals surface area contributed by atoms with Gasteiger partial charge >= 0.3 is 0 Å². The molecule has 3 atom stereocenters. The van der Waals surface area contributed by atoms with Gasteiger partial charge in [-0.2, -0.15) is 0 Å². The van der Waals surface area contributed by atoms with Crippen LogP contribution in [0, 0.1) is 34.9 Å². The number of aromatic hydroxyl groups is 1. The van der Waals surface area contributed by atoms with Crippen LogP contribution in [0.2, 0.25) is 0 Å². The van der Waals surface area contributed by atoms with Gasteiger partial charge in [0, 0.05) is 48.3 Å². The minimum absolute atomic E-state index is 0.0390. The Hall–Kier alpha value is -3.91. The van der Waals surface area contributed by atoms with E-state index in [-0.39, 0.29) is 52.2 Å². The highest BCUT2D eigenvalue weighted by molar-refractivity contribution is 6.29. The van der Waals surface area contributed by atoms with E-state index in [1.807, 2.05) is 4.90 Å². The molecular weight excluding hydrogens is 648 g/mol. The Balaban J connectivity index is 1.34.